The van der Waals surface area contributed by atoms with Crippen LogP contribution in [0, 0.1) is 0 Å². The molecule has 0 radical (unpaired) electrons. The molecule has 2 rings (SSSR count). The number of ether oxygens (including phenoxy) is 2. The summed E-state index contributed by atoms with van der Waals surface area (Å²) in [6.45, 7) is 5.28. The largest absolute Gasteiger partial charge is 0.443 e. The van der Waals surface area contributed by atoms with E-state index in [0.717, 1.165) is 4.90 Å². The number of amides is 2. The van der Waals surface area contributed by atoms with Crippen LogP contribution in [0.25, 0.3) is 0 Å². The van der Waals surface area contributed by atoms with Crippen molar-refractivity contribution in [3.05, 3.63) is 12.2 Å². The van der Waals surface area contributed by atoms with Crippen molar-refractivity contribution < 1.29 is 19.1 Å². The molecule has 2 atom stereocenters. The van der Waals surface area contributed by atoms with Crippen molar-refractivity contribution in [1.29, 1.82) is 0 Å². The molecule has 0 bridgehead atoms. The second-order valence-electron chi connectivity index (χ2n) is 4.93. The minimum atomic E-state index is -0.631. The highest BCUT2D eigenvalue weighted by Gasteiger charge is 2.47. The van der Waals surface area contributed by atoms with Gasteiger partial charge in [0.2, 0.25) is 0 Å². The van der Waals surface area contributed by atoms with Crippen molar-refractivity contribution in [3.8, 4) is 0 Å². The zero-order chi connectivity index (χ0) is 11.9. The van der Waals surface area contributed by atoms with Crippen LogP contribution in [0.1, 0.15) is 27.2 Å². The van der Waals surface area contributed by atoms with Gasteiger partial charge in [-0.15, -0.1) is 0 Å². The smallest absolute Gasteiger partial charge is 0.420 e. The predicted molar refractivity (Wildman–Crippen MR) is 55.9 cm³/mol. The highest BCUT2D eigenvalue weighted by molar-refractivity contribution is 5.90. The molecule has 0 saturated carbocycles. The lowest BCUT2D eigenvalue weighted by Crippen LogP contribution is -2.42. The van der Waals surface area contributed by atoms with Crippen LogP contribution in [-0.2, 0) is 9.47 Å². The second kappa shape index (κ2) is 3.50. The molecular weight excluding hydrogens is 210 g/mol. The summed E-state index contributed by atoms with van der Waals surface area (Å²) >= 11 is 0. The van der Waals surface area contributed by atoms with E-state index >= 15 is 0 Å². The van der Waals surface area contributed by atoms with Crippen LogP contribution in [0.5, 0.6) is 0 Å². The van der Waals surface area contributed by atoms with Gasteiger partial charge in [-0.25, -0.2) is 14.5 Å². The molecule has 2 amide bonds. The molecule has 0 N–H and O–H groups in total. The molecule has 5 heteroatoms. The van der Waals surface area contributed by atoms with Crippen molar-refractivity contribution >= 4 is 12.2 Å². The minimum absolute atomic E-state index is 0.234. The standard InChI is InChI=1S/C11H15NO4/c1-11(2,3)16-10(14)12-7-5-4-6-8(7)15-9(12)13/h4,6-8H,5H2,1-3H3. The first-order valence-corrected chi connectivity index (χ1v) is 5.28. The van der Waals surface area contributed by atoms with E-state index in [1.165, 1.54) is 0 Å². The first kappa shape index (κ1) is 11.0. The molecule has 16 heavy (non-hydrogen) atoms. The van der Waals surface area contributed by atoms with Crippen LogP contribution in [0.4, 0.5) is 9.59 Å². The maximum absolute atomic E-state index is 11.8. The Kier molecular flexibility index (Phi) is 2.40. The summed E-state index contributed by atoms with van der Waals surface area (Å²) in [5, 5.41) is 0. The van der Waals surface area contributed by atoms with Crippen molar-refractivity contribution in [2.45, 2.75) is 44.9 Å². The van der Waals surface area contributed by atoms with E-state index in [2.05, 4.69) is 0 Å². The number of imide groups is 1. The first-order chi connectivity index (χ1) is 7.38. The Morgan fingerprint density at radius 1 is 1.56 bits per heavy atom. The molecule has 2 aliphatic rings. The van der Waals surface area contributed by atoms with Gasteiger partial charge in [0.1, 0.15) is 11.7 Å². The molecule has 1 aliphatic heterocycles. The SMILES string of the molecule is CC(C)(C)OC(=O)N1C(=O)OC2C=CCC21. The highest BCUT2D eigenvalue weighted by Crippen LogP contribution is 2.29. The Morgan fingerprint density at radius 2 is 2.25 bits per heavy atom. The Balaban J connectivity index is 2.09. The number of hydrogen-bond donors (Lipinski definition) is 0. The Labute approximate surface area is 94.0 Å². The van der Waals surface area contributed by atoms with Crippen LogP contribution in [0.3, 0.4) is 0 Å². The van der Waals surface area contributed by atoms with Gasteiger partial charge in [-0.05, 0) is 33.3 Å². The van der Waals surface area contributed by atoms with E-state index in [9.17, 15) is 9.59 Å². The normalized spacial score (nSPS) is 27.9. The van der Waals surface area contributed by atoms with Gasteiger partial charge in [-0.3, -0.25) is 0 Å². The summed E-state index contributed by atoms with van der Waals surface area (Å²) in [6.07, 6.45) is 2.78. The van der Waals surface area contributed by atoms with Gasteiger partial charge >= 0.3 is 12.2 Å². The van der Waals surface area contributed by atoms with Crippen molar-refractivity contribution in [3.63, 3.8) is 0 Å². The predicted octanol–water partition coefficient (Wildman–Crippen LogP) is 2.07. The van der Waals surface area contributed by atoms with Crippen LogP contribution in [0.15, 0.2) is 12.2 Å². The summed E-state index contributed by atoms with van der Waals surface area (Å²) in [6, 6.07) is -0.234. The summed E-state index contributed by atoms with van der Waals surface area (Å²) in [4.78, 5) is 24.3. The molecule has 0 aromatic carbocycles. The zero-order valence-electron chi connectivity index (χ0n) is 9.60. The lowest BCUT2D eigenvalue weighted by molar-refractivity contribution is 0.0293. The molecule has 0 aromatic heterocycles. The van der Waals surface area contributed by atoms with E-state index < -0.39 is 17.8 Å². The lowest BCUT2D eigenvalue weighted by Gasteiger charge is -2.24. The zero-order valence-corrected chi connectivity index (χ0v) is 9.60. The van der Waals surface area contributed by atoms with Crippen LogP contribution in [-0.4, -0.2) is 34.8 Å². The van der Waals surface area contributed by atoms with Crippen molar-refractivity contribution in [1.82, 2.24) is 4.90 Å². The Bertz CT molecular complexity index is 355. The average Bonchev–Trinajstić information content (AvgIpc) is 2.58. The molecule has 1 fully saturated rings. The molecule has 88 valence electrons. The number of rotatable bonds is 0. The second-order valence-corrected chi connectivity index (χ2v) is 4.93. The fraction of sp³-hybridized carbons (Fsp3) is 0.636. The topological polar surface area (TPSA) is 55.8 Å². The third-order valence-corrected chi connectivity index (χ3v) is 2.44. The van der Waals surface area contributed by atoms with Gasteiger partial charge in [-0.1, -0.05) is 6.08 Å². The van der Waals surface area contributed by atoms with Gasteiger partial charge in [-0.2, -0.15) is 0 Å². The molecule has 1 saturated heterocycles. The molecule has 0 aromatic rings. The monoisotopic (exact) mass is 225 g/mol. The molecule has 5 nitrogen and oxygen atoms in total. The van der Waals surface area contributed by atoms with E-state index in [-0.39, 0.29) is 12.1 Å². The fourth-order valence-electron chi connectivity index (χ4n) is 1.81. The molecular formula is C11H15NO4. The van der Waals surface area contributed by atoms with E-state index in [0.29, 0.717) is 6.42 Å². The first-order valence-electron chi connectivity index (χ1n) is 5.28. The summed E-state index contributed by atoms with van der Waals surface area (Å²) < 4.78 is 10.2. The highest BCUT2D eigenvalue weighted by atomic mass is 16.6. The van der Waals surface area contributed by atoms with Crippen LogP contribution < -0.4 is 0 Å². The van der Waals surface area contributed by atoms with E-state index in [1.807, 2.05) is 6.08 Å². The number of hydrogen-bond acceptors (Lipinski definition) is 4. The van der Waals surface area contributed by atoms with E-state index in [1.54, 1.807) is 26.8 Å². The molecule has 1 aliphatic carbocycles. The summed E-state index contributed by atoms with van der Waals surface area (Å²) in [7, 11) is 0. The van der Waals surface area contributed by atoms with Crippen LogP contribution >= 0.6 is 0 Å². The maximum Gasteiger partial charge on any atom is 0.420 e. The van der Waals surface area contributed by atoms with Crippen molar-refractivity contribution in [2.75, 3.05) is 0 Å². The fourth-order valence-corrected chi connectivity index (χ4v) is 1.81. The average molecular weight is 225 g/mol. The number of nitrogens with zero attached hydrogens (tertiary/aromatic N) is 1. The van der Waals surface area contributed by atoms with Gasteiger partial charge in [0.05, 0.1) is 6.04 Å². The number of carbonyl (C=O) groups is 2. The van der Waals surface area contributed by atoms with Crippen LogP contribution in [0.2, 0.25) is 0 Å². The summed E-state index contributed by atoms with van der Waals surface area (Å²) in [5.74, 6) is 0. The minimum Gasteiger partial charge on any atom is -0.443 e. The number of fused-ring (bicyclic) bond motifs is 1. The van der Waals surface area contributed by atoms with Gasteiger partial charge in [0.15, 0.2) is 0 Å². The number of carbonyl (C=O) groups excluding carboxylic acids is 2. The Morgan fingerprint density at radius 3 is 2.88 bits per heavy atom. The van der Waals surface area contributed by atoms with Gasteiger partial charge in [0, 0.05) is 0 Å². The molecule has 2 unspecified atom stereocenters. The van der Waals surface area contributed by atoms with Gasteiger partial charge in [0.25, 0.3) is 0 Å². The lowest BCUT2D eigenvalue weighted by atomic mass is 10.2. The quantitative estimate of drug-likeness (QED) is 0.592. The third-order valence-electron chi connectivity index (χ3n) is 2.44. The third kappa shape index (κ3) is 1.89. The van der Waals surface area contributed by atoms with E-state index in [4.69, 9.17) is 9.47 Å². The van der Waals surface area contributed by atoms with Crippen molar-refractivity contribution in [2.24, 2.45) is 0 Å². The molecule has 1 heterocycles. The molecule has 0 spiro atoms. The maximum atomic E-state index is 11.8. The van der Waals surface area contributed by atoms with Gasteiger partial charge < -0.3 is 9.47 Å². The Hall–Kier alpha value is -1.52. The summed E-state index contributed by atoms with van der Waals surface area (Å²) in [5.41, 5.74) is -0.610.